The summed E-state index contributed by atoms with van der Waals surface area (Å²) in [5.41, 5.74) is -1.34. The van der Waals surface area contributed by atoms with Crippen LogP contribution in [0.4, 0.5) is 4.39 Å². The molecule has 0 radical (unpaired) electrons. The van der Waals surface area contributed by atoms with E-state index in [1.54, 1.807) is 0 Å². The smallest absolute Gasteiger partial charge is 0.334 e. The van der Waals surface area contributed by atoms with Gasteiger partial charge in [-0.25, -0.2) is 9.18 Å². The first-order chi connectivity index (χ1) is 8.21. The highest BCUT2D eigenvalue weighted by molar-refractivity contribution is 7.52. The molecule has 0 fully saturated rings. The minimum atomic E-state index is -5.00. The second kappa shape index (κ2) is 5.57. The van der Waals surface area contributed by atoms with Gasteiger partial charge in [-0.1, -0.05) is 0 Å². The summed E-state index contributed by atoms with van der Waals surface area (Å²) in [6, 6.07) is 1.09. The second-order valence-corrected chi connectivity index (χ2v) is 5.14. The quantitative estimate of drug-likeness (QED) is 0.618. The molecule has 0 aliphatic heterocycles. The molecule has 0 saturated carbocycles. The van der Waals surface area contributed by atoms with E-state index in [2.05, 4.69) is 9.72 Å². The number of halogens is 1. The highest BCUT2D eigenvalue weighted by Gasteiger charge is 2.31. The molecule has 10 heteroatoms. The van der Waals surface area contributed by atoms with Gasteiger partial charge in [-0.3, -0.25) is 13.9 Å². The Labute approximate surface area is 100 Å². The summed E-state index contributed by atoms with van der Waals surface area (Å²) in [5.74, 6) is 0. The fourth-order valence-corrected chi connectivity index (χ4v) is 1.56. The van der Waals surface area contributed by atoms with Crippen LogP contribution in [0, 0.1) is 0 Å². The lowest BCUT2D eigenvalue weighted by molar-refractivity contribution is -0.0473. The normalized spacial score (nSPS) is 15.3. The van der Waals surface area contributed by atoms with Gasteiger partial charge in [-0.2, -0.15) is 0 Å². The zero-order valence-corrected chi connectivity index (χ0v) is 10.2. The maximum absolute atomic E-state index is 12.9. The average Bonchev–Trinajstić information content (AvgIpc) is 2.22. The number of nitrogens with one attached hydrogen (secondary N) is 1. The average molecular weight is 282 g/mol. The van der Waals surface area contributed by atoms with Gasteiger partial charge in [-0.05, 0) is 6.92 Å². The van der Waals surface area contributed by atoms with E-state index < -0.39 is 31.0 Å². The lowest BCUT2D eigenvalue weighted by Gasteiger charge is -2.17. The third-order valence-corrected chi connectivity index (χ3v) is 2.64. The minimum absolute atomic E-state index is 0.324. The van der Waals surface area contributed by atoms with E-state index >= 15 is 0 Å². The van der Waals surface area contributed by atoms with Crippen LogP contribution in [0.3, 0.4) is 0 Å². The Morgan fingerprint density at radius 3 is 2.67 bits per heavy atom. The van der Waals surface area contributed by atoms with E-state index in [1.165, 1.54) is 6.92 Å². The van der Waals surface area contributed by atoms with Crippen molar-refractivity contribution < 1.29 is 23.5 Å². The van der Waals surface area contributed by atoms with Gasteiger partial charge in [0.05, 0.1) is 12.6 Å². The Bertz CT molecular complexity index is 535. The zero-order valence-electron chi connectivity index (χ0n) is 9.32. The van der Waals surface area contributed by atoms with Crippen LogP contribution < -0.4 is 11.2 Å². The number of rotatable bonds is 5. The summed E-state index contributed by atoms with van der Waals surface area (Å²) >= 11 is 0. The molecule has 0 aliphatic rings. The second-order valence-electron chi connectivity index (χ2n) is 3.56. The molecule has 1 aromatic rings. The largest absolute Gasteiger partial charge is 0.386 e. The fraction of sp³-hybridized carbons (Fsp3) is 0.500. The molecule has 1 heterocycles. The van der Waals surface area contributed by atoms with Gasteiger partial charge in [0.2, 0.25) is 0 Å². The van der Waals surface area contributed by atoms with Gasteiger partial charge in [0.25, 0.3) is 5.56 Å². The van der Waals surface area contributed by atoms with Gasteiger partial charge >= 0.3 is 19.4 Å². The molecule has 8 nitrogen and oxygen atoms in total. The van der Waals surface area contributed by atoms with Crippen molar-refractivity contribution in [2.75, 3.05) is 0 Å². The molecule has 0 amide bonds. The summed E-state index contributed by atoms with van der Waals surface area (Å²) in [6.45, 7) is 0.955. The van der Waals surface area contributed by atoms with Crippen LogP contribution in [-0.2, 0) is 15.8 Å². The molecule has 1 rings (SSSR count). The number of nitrogens with zero attached hydrogens (tertiary/aromatic N) is 1. The topological polar surface area (TPSA) is 122 Å². The van der Waals surface area contributed by atoms with Crippen molar-refractivity contribution in [2.24, 2.45) is 0 Å². The first-order valence-electron chi connectivity index (χ1n) is 4.85. The van der Waals surface area contributed by atoms with Crippen molar-refractivity contribution in [3.8, 4) is 0 Å². The van der Waals surface area contributed by atoms with Gasteiger partial charge in [-0.15, -0.1) is 0 Å². The van der Waals surface area contributed by atoms with Crippen LogP contribution in [-0.4, -0.2) is 31.5 Å². The Morgan fingerprint density at radius 1 is 1.56 bits per heavy atom. The van der Waals surface area contributed by atoms with E-state index in [4.69, 9.17) is 9.79 Å². The number of hydrogen-bond acceptors (Lipinski definition) is 4. The first kappa shape index (κ1) is 14.8. The Kier molecular flexibility index (Phi) is 4.58. The van der Waals surface area contributed by atoms with Gasteiger partial charge in [0, 0.05) is 12.3 Å². The lowest BCUT2D eigenvalue weighted by Crippen LogP contribution is -2.38. The van der Waals surface area contributed by atoms with E-state index in [1.807, 2.05) is 0 Å². The maximum atomic E-state index is 12.9. The van der Waals surface area contributed by atoms with Crippen molar-refractivity contribution in [3.05, 3.63) is 33.1 Å². The van der Waals surface area contributed by atoms with Gasteiger partial charge < -0.3 is 19.5 Å². The summed E-state index contributed by atoms with van der Waals surface area (Å²) in [4.78, 5) is 41.8. The van der Waals surface area contributed by atoms with Crippen molar-refractivity contribution >= 4 is 7.60 Å². The third kappa shape index (κ3) is 3.88. The first-order valence-corrected chi connectivity index (χ1v) is 6.53. The lowest BCUT2D eigenvalue weighted by atomic mass is 10.4. The van der Waals surface area contributed by atoms with Crippen LogP contribution in [0.15, 0.2) is 21.9 Å². The summed E-state index contributed by atoms with van der Waals surface area (Å²) < 4.78 is 28.5. The molecule has 0 aromatic carbocycles. The number of ether oxygens (including phenoxy) is 1. The molecular weight excluding hydrogens is 270 g/mol. The molecule has 0 aliphatic carbocycles. The monoisotopic (exact) mass is 282 g/mol. The van der Waals surface area contributed by atoms with E-state index in [9.17, 15) is 18.5 Å². The molecule has 0 bridgehead atoms. The van der Waals surface area contributed by atoms with Crippen LogP contribution in [0.25, 0.3) is 0 Å². The van der Waals surface area contributed by atoms with Crippen LogP contribution >= 0.6 is 7.60 Å². The van der Waals surface area contributed by atoms with Crippen molar-refractivity contribution in [3.63, 3.8) is 0 Å². The standard InChI is InChI=1S/C8H12FN2O6P/c1-5(17-7(9)18(14,15)16)4-11-6(12)2-3-10-8(11)13/h2-3,5,7H,4H2,1H3,(H,10,13)(H2,14,15,16)/t5?,7-/m1/s1. The number of H-pyrrole nitrogens is 1. The van der Waals surface area contributed by atoms with Crippen molar-refractivity contribution in [1.82, 2.24) is 9.55 Å². The highest BCUT2D eigenvalue weighted by Crippen LogP contribution is 2.43. The predicted octanol–water partition coefficient (Wildman–Crippen LogP) is -0.627. The number of alkyl halides is 1. The number of aromatic amines is 1. The van der Waals surface area contributed by atoms with Crippen molar-refractivity contribution in [1.29, 1.82) is 0 Å². The van der Waals surface area contributed by atoms with E-state index in [-0.39, 0.29) is 6.54 Å². The Hall–Kier alpha value is -1.28. The zero-order chi connectivity index (χ0) is 13.9. The molecule has 1 aromatic heterocycles. The van der Waals surface area contributed by atoms with Crippen LogP contribution in [0.1, 0.15) is 6.92 Å². The maximum Gasteiger partial charge on any atom is 0.386 e. The highest BCUT2D eigenvalue weighted by atomic mass is 31.2. The number of hydrogen-bond donors (Lipinski definition) is 3. The summed E-state index contributed by atoms with van der Waals surface area (Å²) in [7, 11) is -5.00. The Morgan fingerprint density at radius 2 is 2.17 bits per heavy atom. The molecule has 2 atom stereocenters. The van der Waals surface area contributed by atoms with E-state index in [0.29, 0.717) is 0 Å². The molecule has 102 valence electrons. The SMILES string of the molecule is CC(Cn1c(=O)cc[nH]c1=O)O[C@@H](F)P(=O)(O)O. The van der Waals surface area contributed by atoms with E-state index in [0.717, 1.165) is 16.8 Å². The van der Waals surface area contributed by atoms with Crippen molar-refractivity contribution in [2.45, 2.75) is 25.7 Å². The molecule has 3 N–H and O–H groups in total. The third-order valence-electron chi connectivity index (χ3n) is 1.99. The Balaban J connectivity index is 2.78. The molecule has 1 unspecified atom stereocenters. The molecule has 0 saturated heterocycles. The van der Waals surface area contributed by atoms with Crippen LogP contribution in [0.5, 0.6) is 0 Å². The fourth-order valence-electron chi connectivity index (χ4n) is 1.20. The predicted molar refractivity (Wildman–Crippen MR) is 58.8 cm³/mol. The van der Waals surface area contributed by atoms with Gasteiger partial charge in [0.15, 0.2) is 0 Å². The van der Waals surface area contributed by atoms with Gasteiger partial charge in [0.1, 0.15) is 0 Å². The summed E-state index contributed by atoms with van der Waals surface area (Å²) in [5, 5.41) is 0. The molecule has 18 heavy (non-hydrogen) atoms. The van der Waals surface area contributed by atoms with Crippen LogP contribution in [0.2, 0.25) is 0 Å². The minimum Gasteiger partial charge on any atom is -0.334 e. The molecular formula is C8H12FN2O6P. The molecule has 0 spiro atoms. The number of aromatic nitrogens is 2. The summed E-state index contributed by atoms with van der Waals surface area (Å²) in [6.07, 6.45) is -2.69.